The van der Waals surface area contributed by atoms with Crippen LogP contribution in [-0.2, 0) is 4.74 Å². The summed E-state index contributed by atoms with van der Waals surface area (Å²) in [5.74, 6) is 0. The molecule has 1 spiro atoms. The van der Waals surface area contributed by atoms with E-state index < -0.39 is 0 Å². The summed E-state index contributed by atoms with van der Waals surface area (Å²) >= 11 is 0. The molecule has 2 aliphatic heterocycles. The first-order valence-electron chi connectivity index (χ1n) is 6.20. The van der Waals surface area contributed by atoms with Crippen LogP contribution in [0.15, 0.2) is 18.5 Å². The molecule has 0 radical (unpaired) electrons. The van der Waals surface area contributed by atoms with Crippen molar-refractivity contribution in [2.45, 2.75) is 32.4 Å². The van der Waals surface area contributed by atoms with Crippen LogP contribution in [0.4, 0.5) is 0 Å². The van der Waals surface area contributed by atoms with Crippen molar-refractivity contribution in [3.8, 4) is 0 Å². The van der Waals surface area contributed by atoms with E-state index in [4.69, 9.17) is 4.74 Å². The summed E-state index contributed by atoms with van der Waals surface area (Å²) in [5.41, 5.74) is 1.81. The zero-order valence-corrected chi connectivity index (χ0v) is 10.1. The topological polar surface area (TPSA) is 26.2 Å². The third kappa shape index (κ3) is 1.42. The average molecular weight is 220 g/mol. The molecule has 2 aliphatic rings. The van der Waals surface area contributed by atoms with Crippen molar-refractivity contribution in [3.05, 3.63) is 24.0 Å². The SMILES string of the molecule is CC(C)n1ccc([C@H]2NC[C@@]23CCOC3)c1. The summed E-state index contributed by atoms with van der Waals surface area (Å²) in [6.45, 7) is 7.41. The fraction of sp³-hybridized carbons (Fsp3) is 0.692. The molecule has 2 saturated heterocycles. The second kappa shape index (κ2) is 3.60. The number of nitrogens with one attached hydrogen (secondary N) is 1. The van der Waals surface area contributed by atoms with Gasteiger partial charge in [0.2, 0.25) is 0 Å². The van der Waals surface area contributed by atoms with Crippen LogP contribution in [0.2, 0.25) is 0 Å². The summed E-state index contributed by atoms with van der Waals surface area (Å²) < 4.78 is 7.84. The minimum atomic E-state index is 0.392. The van der Waals surface area contributed by atoms with Crippen molar-refractivity contribution in [1.29, 1.82) is 0 Å². The number of hydrogen-bond acceptors (Lipinski definition) is 2. The molecule has 2 atom stereocenters. The van der Waals surface area contributed by atoms with Crippen LogP contribution >= 0.6 is 0 Å². The standard InChI is InChI=1S/C13H20N2O/c1-10(2)15-5-3-11(7-15)12-13(8-14-12)4-6-16-9-13/h3,5,7,10,12,14H,4,6,8-9H2,1-2H3/t12-,13-/m1/s1. The molecule has 0 aliphatic carbocycles. The number of rotatable bonds is 2. The molecule has 3 nitrogen and oxygen atoms in total. The molecule has 1 aromatic rings. The molecule has 2 fully saturated rings. The van der Waals surface area contributed by atoms with Crippen LogP contribution in [0.5, 0.6) is 0 Å². The lowest BCUT2D eigenvalue weighted by molar-refractivity contribution is 0.0577. The summed E-state index contributed by atoms with van der Waals surface area (Å²) in [4.78, 5) is 0. The highest BCUT2D eigenvalue weighted by molar-refractivity contribution is 5.24. The van der Waals surface area contributed by atoms with E-state index in [9.17, 15) is 0 Å². The summed E-state index contributed by atoms with van der Waals surface area (Å²) in [6, 6.07) is 3.30. The third-order valence-electron chi connectivity index (χ3n) is 4.07. The van der Waals surface area contributed by atoms with Gasteiger partial charge in [0.25, 0.3) is 0 Å². The monoisotopic (exact) mass is 220 g/mol. The van der Waals surface area contributed by atoms with Crippen LogP contribution in [0.3, 0.4) is 0 Å². The normalized spacial score (nSPS) is 33.6. The Morgan fingerprint density at radius 1 is 1.56 bits per heavy atom. The second-order valence-electron chi connectivity index (χ2n) is 5.46. The Labute approximate surface area is 96.8 Å². The van der Waals surface area contributed by atoms with E-state index in [2.05, 4.69) is 42.2 Å². The number of hydrogen-bond donors (Lipinski definition) is 1. The maximum Gasteiger partial charge on any atom is 0.0553 e. The van der Waals surface area contributed by atoms with Gasteiger partial charge in [-0.3, -0.25) is 0 Å². The Morgan fingerprint density at radius 2 is 2.44 bits per heavy atom. The molecule has 0 unspecified atom stereocenters. The fourth-order valence-electron chi connectivity index (χ4n) is 2.88. The van der Waals surface area contributed by atoms with E-state index in [-0.39, 0.29) is 0 Å². The Morgan fingerprint density at radius 3 is 2.94 bits per heavy atom. The first-order chi connectivity index (χ1) is 7.71. The lowest BCUT2D eigenvalue weighted by Gasteiger charge is -2.47. The first kappa shape index (κ1) is 10.4. The molecule has 3 heterocycles. The minimum Gasteiger partial charge on any atom is -0.381 e. The van der Waals surface area contributed by atoms with Crippen LogP contribution in [-0.4, -0.2) is 24.3 Å². The molecule has 0 aromatic carbocycles. The van der Waals surface area contributed by atoms with E-state index in [1.165, 1.54) is 12.0 Å². The molecule has 0 amide bonds. The summed E-state index contributed by atoms with van der Waals surface area (Å²) in [7, 11) is 0. The van der Waals surface area contributed by atoms with Gasteiger partial charge in [-0.15, -0.1) is 0 Å². The fourth-order valence-corrected chi connectivity index (χ4v) is 2.88. The molecular weight excluding hydrogens is 200 g/mol. The van der Waals surface area contributed by atoms with Gasteiger partial charge in [0, 0.05) is 43.0 Å². The Kier molecular flexibility index (Phi) is 2.33. The number of aromatic nitrogens is 1. The zero-order valence-electron chi connectivity index (χ0n) is 10.1. The van der Waals surface area contributed by atoms with Crippen molar-refractivity contribution in [1.82, 2.24) is 9.88 Å². The zero-order chi connectivity index (χ0) is 11.2. The third-order valence-corrected chi connectivity index (χ3v) is 4.07. The summed E-state index contributed by atoms with van der Waals surface area (Å²) in [5, 5.41) is 3.55. The number of nitrogens with zero attached hydrogens (tertiary/aromatic N) is 1. The maximum atomic E-state index is 5.56. The highest BCUT2D eigenvalue weighted by Gasteiger charge is 2.49. The van der Waals surface area contributed by atoms with E-state index in [0.717, 1.165) is 19.8 Å². The van der Waals surface area contributed by atoms with E-state index >= 15 is 0 Å². The van der Waals surface area contributed by atoms with Crippen molar-refractivity contribution in [2.75, 3.05) is 19.8 Å². The predicted molar refractivity (Wildman–Crippen MR) is 63.4 cm³/mol. The molecule has 1 aromatic heterocycles. The lowest BCUT2D eigenvalue weighted by atomic mass is 9.71. The molecule has 0 bridgehead atoms. The average Bonchev–Trinajstić information content (AvgIpc) is 2.85. The van der Waals surface area contributed by atoms with Gasteiger partial charge in [-0.2, -0.15) is 0 Å². The summed E-state index contributed by atoms with van der Waals surface area (Å²) in [6.07, 6.45) is 5.67. The van der Waals surface area contributed by atoms with Crippen molar-refractivity contribution < 1.29 is 4.74 Å². The maximum absolute atomic E-state index is 5.56. The Bertz CT molecular complexity index is 377. The predicted octanol–water partition coefficient (Wildman–Crippen LogP) is 2.12. The van der Waals surface area contributed by atoms with Crippen LogP contribution in [0, 0.1) is 5.41 Å². The van der Waals surface area contributed by atoms with Gasteiger partial charge < -0.3 is 14.6 Å². The molecule has 88 valence electrons. The van der Waals surface area contributed by atoms with Gasteiger partial charge >= 0.3 is 0 Å². The van der Waals surface area contributed by atoms with Gasteiger partial charge in [-0.05, 0) is 31.9 Å². The van der Waals surface area contributed by atoms with E-state index in [0.29, 0.717) is 17.5 Å². The van der Waals surface area contributed by atoms with Crippen LogP contribution in [0.1, 0.15) is 37.9 Å². The molecule has 1 N–H and O–H groups in total. The molecule has 16 heavy (non-hydrogen) atoms. The molecule has 3 rings (SSSR count). The largest absolute Gasteiger partial charge is 0.381 e. The van der Waals surface area contributed by atoms with Crippen LogP contribution in [0.25, 0.3) is 0 Å². The smallest absolute Gasteiger partial charge is 0.0553 e. The van der Waals surface area contributed by atoms with E-state index in [1.54, 1.807) is 0 Å². The van der Waals surface area contributed by atoms with Crippen LogP contribution < -0.4 is 5.32 Å². The minimum absolute atomic E-state index is 0.392. The number of ether oxygens (including phenoxy) is 1. The van der Waals surface area contributed by atoms with Crippen molar-refractivity contribution in [2.24, 2.45) is 5.41 Å². The highest BCUT2D eigenvalue weighted by atomic mass is 16.5. The second-order valence-corrected chi connectivity index (χ2v) is 5.46. The van der Waals surface area contributed by atoms with Gasteiger partial charge in [0.1, 0.15) is 0 Å². The highest BCUT2D eigenvalue weighted by Crippen LogP contribution is 2.47. The van der Waals surface area contributed by atoms with E-state index in [1.807, 2.05) is 0 Å². The Balaban J connectivity index is 1.81. The molecule has 3 heteroatoms. The van der Waals surface area contributed by atoms with Crippen molar-refractivity contribution in [3.63, 3.8) is 0 Å². The first-order valence-corrected chi connectivity index (χ1v) is 6.20. The Hall–Kier alpha value is -0.800. The lowest BCUT2D eigenvalue weighted by Crippen LogP contribution is -2.56. The molecular formula is C13H20N2O. The van der Waals surface area contributed by atoms with Crippen molar-refractivity contribution >= 4 is 0 Å². The molecule has 0 saturated carbocycles. The quantitative estimate of drug-likeness (QED) is 0.826. The van der Waals surface area contributed by atoms with Gasteiger partial charge in [-0.25, -0.2) is 0 Å². The van der Waals surface area contributed by atoms with Gasteiger partial charge in [0.05, 0.1) is 6.61 Å². The van der Waals surface area contributed by atoms with Gasteiger partial charge in [0.15, 0.2) is 0 Å². The van der Waals surface area contributed by atoms with Gasteiger partial charge in [-0.1, -0.05) is 0 Å².